The number of aromatic nitrogens is 3. The van der Waals surface area contributed by atoms with Crippen LogP contribution in [-0.4, -0.2) is 86.3 Å². The summed E-state index contributed by atoms with van der Waals surface area (Å²) in [5.41, 5.74) is 5.61. The summed E-state index contributed by atoms with van der Waals surface area (Å²) >= 11 is 6.20. The molecule has 0 radical (unpaired) electrons. The molecule has 4 aromatic carbocycles. The van der Waals surface area contributed by atoms with Gasteiger partial charge in [0.25, 0.3) is 15.9 Å². The Morgan fingerprint density at radius 1 is 0.985 bits per heavy atom. The molecule has 0 atom stereocenters. The van der Waals surface area contributed by atoms with Gasteiger partial charge >= 0.3 is 0 Å². The first kappa shape index (κ1) is 46.8. The third-order valence-electron chi connectivity index (χ3n) is 12.4. The van der Waals surface area contributed by atoms with E-state index in [-0.39, 0.29) is 34.1 Å². The molecule has 66 heavy (non-hydrogen) atoms. The van der Waals surface area contributed by atoms with Crippen LogP contribution < -0.4 is 30.2 Å². The van der Waals surface area contributed by atoms with E-state index in [1.807, 2.05) is 53.5 Å². The number of nitrogens with one attached hydrogen (secondary N) is 5. The van der Waals surface area contributed by atoms with Gasteiger partial charge in [0.05, 0.1) is 29.7 Å². The predicted octanol–water partition coefficient (Wildman–Crippen LogP) is 9.10. The van der Waals surface area contributed by atoms with Crippen LogP contribution in [0.5, 0.6) is 11.5 Å². The summed E-state index contributed by atoms with van der Waals surface area (Å²) in [6.07, 6.45) is 10.1. The highest BCUT2D eigenvalue weighted by Crippen LogP contribution is 2.43. The van der Waals surface area contributed by atoms with Crippen molar-refractivity contribution in [2.75, 3.05) is 56.9 Å². The first-order chi connectivity index (χ1) is 31.6. The lowest BCUT2D eigenvalue weighted by Gasteiger charge is -2.44. The summed E-state index contributed by atoms with van der Waals surface area (Å²) in [4.78, 5) is 16.9. The van der Waals surface area contributed by atoms with E-state index in [0.29, 0.717) is 29.5 Å². The summed E-state index contributed by atoms with van der Waals surface area (Å²) in [5.74, 6) is -0.395. The number of allylic oxidation sites excluding steroid dienone is 1. The number of carbonyl (C=O) groups is 1. The summed E-state index contributed by atoms with van der Waals surface area (Å²) in [6, 6.07) is 25.8. The van der Waals surface area contributed by atoms with Gasteiger partial charge in [-0.1, -0.05) is 43.2 Å². The second-order valence-corrected chi connectivity index (χ2v) is 20.2. The van der Waals surface area contributed by atoms with Crippen molar-refractivity contribution < 1.29 is 17.9 Å². The molecule has 3 heterocycles. The number of hydrogen-bond acceptors (Lipinski definition) is 11. The lowest BCUT2D eigenvalue weighted by molar-refractivity contribution is 0.0979. The molecule has 1 amide bonds. The fourth-order valence-corrected chi connectivity index (χ4v) is 9.83. The Bertz CT molecular complexity index is 2780. The van der Waals surface area contributed by atoms with Gasteiger partial charge in [-0.3, -0.25) is 9.48 Å². The zero-order chi connectivity index (χ0) is 46.5. The van der Waals surface area contributed by atoms with Crippen molar-refractivity contribution in [2.24, 2.45) is 5.41 Å². The average Bonchev–Trinajstić information content (AvgIpc) is 3.99. The molecule has 2 aliphatic rings. The van der Waals surface area contributed by atoms with Gasteiger partial charge < -0.3 is 45.8 Å². The number of amides is 1. The molecule has 17 heteroatoms. The second-order valence-electron chi connectivity index (χ2n) is 18.1. The largest absolute Gasteiger partial charge is 0.626 e. The maximum Gasteiger partial charge on any atom is 0.268 e. The maximum absolute atomic E-state index is 13.9. The Labute approximate surface area is 391 Å². The van der Waals surface area contributed by atoms with Crippen LogP contribution in [0, 0.1) is 15.8 Å². The van der Waals surface area contributed by atoms with E-state index < -0.39 is 25.6 Å². The molecule has 0 saturated carbocycles. The minimum atomic E-state index is -4.58. The van der Waals surface area contributed by atoms with Crippen LogP contribution in [-0.2, 0) is 16.6 Å². The number of halogens is 1. The number of fused-ring (bicyclic) bond motifs is 1. The van der Waals surface area contributed by atoms with E-state index in [4.69, 9.17) is 16.3 Å². The van der Waals surface area contributed by atoms with Gasteiger partial charge in [-0.25, -0.2) is 13.1 Å². The standard InChI is InChI=1S/C49H57ClN9O6S/c1-49(2)19-15-36(43(32-49)34-5-7-37(50)8-6-34)33-51-22-23-52-39-9-12-42(47(30-39)65-40-10-13-44-35(29-40)16-21-53-44)48(60)56-66(63,64)41-11-14-45(46(31-41)59(3,61)62)55-38-17-25-57(26-18-38)27-28-58-24-4-20-54-58/h4-14,16,20-21,24,29-31,38,51-53,55H,15,17-19,22-23,25-28,32-33H2,1-3H3,(H,56,60)/q-1. The number of benzene rings is 4. The van der Waals surface area contributed by atoms with Crippen LogP contribution in [0.2, 0.25) is 5.02 Å². The van der Waals surface area contributed by atoms with Crippen LogP contribution in [0.3, 0.4) is 0 Å². The number of hydrogen-bond donors (Lipinski definition) is 5. The normalized spacial score (nSPS) is 16.1. The number of hydroxylamine groups is 2. The van der Waals surface area contributed by atoms with E-state index in [9.17, 15) is 23.6 Å². The minimum absolute atomic E-state index is 0.0375. The zero-order valence-corrected chi connectivity index (χ0v) is 39.1. The third-order valence-corrected chi connectivity index (χ3v) is 14.0. The first-order valence-corrected chi connectivity index (χ1v) is 24.2. The first-order valence-electron chi connectivity index (χ1n) is 22.4. The number of nitrogens with zero attached hydrogens (tertiary/aromatic N) is 4. The number of sulfonamides is 1. The second kappa shape index (κ2) is 20.0. The molecule has 0 bridgehead atoms. The number of aromatic amines is 1. The molecule has 8 rings (SSSR count). The molecule has 1 aliphatic heterocycles. The molecule has 0 spiro atoms. The van der Waals surface area contributed by atoms with Crippen LogP contribution in [0.1, 0.15) is 61.9 Å². The summed E-state index contributed by atoms with van der Waals surface area (Å²) in [6.45, 7) is 9.79. The molecular weight excluding hydrogens is 878 g/mol. The van der Waals surface area contributed by atoms with E-state index in [2.05, 4.69) is 61.6 Å². The molecule has 15 nitrogen and oxygen atoms in total. The lowest BCUT2D eigenvalue weighted by atomic mass is 9.72. The SMILES string of the molecule is CC1(C)CCC(CNCCNc2ccc(C(=O)NS(=O)(=O)c3ccc(NC4CCN(CCn5cccn5)CC4)c([N+](C)([O-])[O-])c3)c(Oc3ccc4[nH]ccc4c3)c2)=C(c2ccc(Cl)cc2)C1. The van der Waals surface area contributed by atoms with Gasteiger partial charge in [-0.15, -0.1) is 0 Å². The van der Waals surface area contributed by atoms with Crippen molar-refractivity contribution in [1.29, 1.82) is 0 Å². The zero-order valence-electron chi connectivity index (χ0n) is 37.5. The highest BCUT2D eigenvalue weighted by atomic mass is 35.5. The van der Waals surface area contributed by atoms with E-state index >= 15 is 0 Å². The summed E-state index contributed by atoms with van der Waals surface area (Å²) < 4.78 is 38.0. The molecule has 1 saturated heterocycles. The van der Waals surface area contributed by atoms with Gasteiger partial charge in [0.2, 0.25) is 0 Å². The van der Waals surface area contributed by atoms with Crippen LogP contribution >= 0.6 is 11.6 Å². The monoisotopic (exact) mass is 934 g/mol. The number of ether oxygens (including phenoxy) is 1. The predicted molar refractivity (Wildman–Crippen MR) is 263 cm³/mol. The van der Waals surface area contributed by atoms with Crippen LogP contribution in [0.4, 0.5) is 17.1 Å². The quantitative estimate of drug-likeness (QED) is 0.0314. The number of anilines is 2. The van der Waals surface area contributed by atoms with Crippen molar-refractivity contribution in [1.82, 2.24) is 34.5 Å². The van der Waals surface area contributed by atoms with Gasteiger partial charge in [0.1, 0.15) is 11.5 Å². The van der Waals surface area contributed by atoms with E-state index in [1.165, 1.54) is 34.9 Å². The van der Waals surface area contributed by atoms with Gasteiger partial charge in [0.15, 0.2) is 5.69 Å². The minimum Gasteiger partial charge on any atom is -0.626 e. The fourth-order valence-electron chi connectivity index (χ4n) is 8.72. The maximum atomic E-state index is 13.9. The molecule has 348 valence electrons. The molecule has 1 aliphatic carbocycles. The van der Waals surface area contributed by atoms with Gasteiger partial charge in [-0.05, 0) is 115 Å². The number of likely N-dealkylation sites (tertiary alicyclic amines) is 1. The van der Waals surface area contributed by atoms with Crippen molar-refractivity contribution in [2.45, 2.75) is 63.4 Å². The van der Waals surface area contributed by atoms with Crippen molar-refractivity contribution >= 4 is 61.1 Å². The molecule has 5 N–H and O–H groups in total. The van der Waals surface area contributed by atoms with Crippen molar-refractivity contribution in [3.63, 3.8) is 0 Å². The number of piperidine rings is 1. The number of carbonyl (C=O) groups excluding carboxylic acids is 1. The fraction of sp³-hybridized carbons (Fsp3) is 0.347. The Balaban J connectivity index is 0.943. The van der Waals surface area contributed by atoms with Crippen molar-refractivity contribution in [3.05, 3.63) is 142 Å². The Morgan fingerprint density at radius 2 is 1.79 bits per heavy atom. The van der Waals surface area contributed by atoms with Gasteiger partial charge in [-0.2, -0.15) is 5.10 Å². The van der Waals surface area contributed by atoms with E-state index in [0.717, 1.165) is 88.8 Å². The van der Waals surface area contributed by atoms with Crippen LogP contribution in [0.15, 0.2) is 120 Å². The Hall–Kier alpha value is -5.72. The van der Waals surface area contributed by atoms with Gasteiger partial charge in [0, 0.05) is 97.6 Å². The molecular formula is C49H57ClN9O6S-. The lowest BCUT2D eigenvalue weighted by Crippen LogP contribution is -2.41. The van der Waals surface area contributed by atoms with Crippen molar-refractivity contribution in [3.8, 4) is 11.5 Å². The highest BCUT2D eigenvalue weighted by Gasteiger charge is 2.29. The Kier molecular flexibility index (Phi) is 14.2. The Morgan fingerprint density at radius 3 is 2.55 bits per heavy atom. The van der Waals surface area contributed by atoms with Crippen LogP contribution in [0.25, 0.3) is 16.5 Å². The summed E-state index contributed by atoms with van der Waals surface area (Å²) in [7, 11) is -3.69. The smallest absolute Gasteiger partial charge is 0.268 e. The number of H-pyrrole nitrogens is 1. The number of rotatable bonds is 18. The molecule has 1 fully saturated rings. The topological polar surface area (TPSA) is 192 Å². The average molecular weight is 936 g/mol. The molecule has 2 aromatic heterocycles. The third kappa shape index (κ3) is 11.8. The summed E-state index contributed by atoms with van der Waals surface area (Å²) in [5, 5.41) is 42.1. The number of quaternary nitrogens is 1. The van der Waals surface area contributed by atoms with E-state index in [1.54, 1.807) is 24.4 Å². The highest BCUT2D eigenvalue weighted by molar-refractivity contribution is 7.90. The molecule has 6 aromatic rings. The molecule has 0 unspecified atom stereocenters.